The Morgan fingerprint density at radius 2 is 1.69 bits per heavy atom. The number of aromatic nitrogens is 4. The van der Waals surface area contributed by atoms with E-state index in [1.165, 1.54) is 18.9 Å². The number of ether oxygens (including phenoxy) is 2. The highest BCUT2D eigenvalue weighted by Gasteiger charge is 2.14. The molecular weight excluding hydrogens is 474 g/mol. The van der Waals surface area contributed by atoms with Crippen molar-refractivity contribution in [2.24, 2.45) is 0 Å². The highest BCUT2D eigenvalue weighted by atomic mass is 32.2. The van der Waals surface area contributed by atoms with E-state index in [-0.39, 0.29) is 5.97 Å². The zero-order valence-corrected chi connectivity index (χ0v) is 20.5. The van der Waals surface area contributed by atoms with Crippen molar-refractivity contribution in [1.29, 1.82) is 0 Å². The summed E-state index contributed by atoms with van der Waals surface area (Å²) in [5, 5.41) is 8.73. The van der Waals surface area contributed by atoms with Crippen molar-refractivity contribution in [3.05, 3.63) is 96.1 Å². The number of esters is 1. The Bertz CT molecular complexity index is 1490. The monoisotopic (exact) mass is 497 g/mol. The second-order valence-corrected chi connectivity index (χ2v) is 8.77. The first kappa shape index (κ1) is 23.4. The van der Waals surface area contributed by atoms with Gasteiger partial charge in [0.05, 0.1) is 25.5 Å². The van der Waals surface area contributed by atoms with Crippen LogP contribution in [0.2, 0.25) is 0 Å². The van der Waals surface area contributed by atoms with Crippen LogP contribution in [-0.2, 0) is 10.5 Å². The Kier molecular flexibility index (Phi) is 6.81. The average molecular weight is 498 g/mol. The maximum absolute atomic E-state index is 11.7. The highest BCUT2D eigenvalue weighted by Crippen LogP contribution is 2.27. The largest absolute Gasteiger partial charge is 0.497 e. The van der Waals surface area contributed by atoms with Gasteiger partial charge < -0.3 is 14.8 Å². The quantitative estimate of drug-likeness (QED) is 0.218. The Morgan fingerprint density at radius 1 is 0.944 bits per heavy atom. The van der Waals surface area contributed by atoms with Crippen LogP contribution in [0.25, 0.3) is 17.0 Å². The van der Waals surface area contributed by atoms with Gasteiger partial charge in [-0.2, -0.15) is 9.50 Å². The summed E-state index contributed by atoms with van der Waals surface area (Å²) < 4.78 is 11.7. The van der Waals surface area contributed by atoms with E-state index in [1.807, 2.05) is 72.8 Å². The Morgan fingerprint density at radius 3 is 2.39 bits per heavy atom. The molecule has 1 N–H and O–H groups in total. The van der Waals surface area contributed by atoms with Crippen LogP contribution >= 0.6 is 11.8 Å². The number of rotatable bonds is 8. The fourth-order valence-corrected chi connectivity index (χ4v) is 4.36. The average Bonchev–Trinajstić information content (AvgIpc) is 3.36. The summed E-state index contributed by atoms with van der Waals surface area (Å²) in [5.74, 6) is 2.31. The first-order chi connectivity index (χ1) is 17.6. The summed E-state index contributed by atoms with van der Waals surface area (Å²) in [6, 6.07) is 26.9. The molecule has 36 heavy (non-hydrogen) atoms. The van der Waals surface area contributed by atoms with Crippen molar-refractivity contribution < 1.29 is 14.3 Å². The van der Waals surface area contributed by atoms with Crippen LogP contribution in [0, 0.1) is 0 Å². The number of methoxy groups -OCH3 is 2. The fourth-order valence-electron chi connectivity index (χ4n) is 3.58. The number of nitrogens with one attached hydrogen (secondary N) is 1. The standard InChI is InChI=1S/C27H23N5O3S/c1-34-22-14-12-21(13-15-22)28-24-16-23(19-6-4-3-5-7-19)29-26-30-27(31-32(24)26)36-17-18-8-10-20(11-9-18)25(33)35-2/h3-16,28H,17H2,1-2H3. The van der Waals surface area contributed by atoms with E-state index in [4.69, 9.17) is 19.6 Å². The van der Waals surface area contributed by atoms with Crippen molar-refractivity contribution in [2.45, 2.75) is 10.9 Å². The van der Waals surface area contributed by atoms with Crippen molar-refractivity contribution in [3.63, 3.8) is 0 Å². The molecule has 8 nitrogen and oxygen atoms in total. The minimum absolute atomic E-state index is 0.353. The first-order valence-electron chi connectivity index (χ1n) is 11.2. The van der Waals surface area contributed by atoms with Crippen LogP contribution in [0.15, 0.2) is 90.1 Å². The zero-order valence-electron chi connectivity index (χ0n) is 19.7. The van der Waals surface area contributed by atoms with E-state index in [0.717, 1.165) is 34.1 Å². The Balaban J connectivity index is 1.44. The summed E-state index contributed by atoms with van der Waals surface area (Å²) in [4.78, 5) is 21.1. The number of carbonyl (C=O) groups is 1. The van der Waals surface area contributed by atoms with E-state index in [9.17, 15) is 4.79 Å². The summed E-state index contributed by atoms with van der Waals surface area (Å²) in [6.07, 6.45) is 0. The lowest BCUT2D eigenvalue weighted by atomic mass is 10.1. The maximum Gasteiger partial charge on any atom is 0.337 e. The van der Waals surface area contributed by atoms with Gasteiger partial charge in [0.15, 0.2) is 0 Å². The van der Waals surface area contributed by atoms with Gasteiger partial charge in [-0.05, 0) is 42.0 Å². The number of anilines is 2. The zero-order chi connectivity index (χ0) is 24.9. The van der Waals surface area contributed by atoms with Crippen LogP contribution < -0.4 is 10.1 Å². The third-order valence-corrected chi connectivity index (χ3v) is 6.38. The number of fused-ring (bicyclic) bond motifs is 1. The van der Waals surface area contributed by atoms with Gasteiger partial charge in [0.25, 0.3) is 5.78 Å². The van der Waals surface area contributed by atoms with Crippen molar-refractivity contribution in [3.8, 4) is 17.0 Å². The Hall–Kier alpha value is -4.37. The summed E-state index contributed by atoms with van der Waals surface area (Å²) in [5.41, 5.74) is 4.23. The highest BCUT2D eigenvalue weighted by molar-refractivity contribution is 7.98. The number of thioether (sulfide) groups is 1. The van der Waals surface area contributed by atoms with Gasteiger partial charge in [0, 0.05) is 23.1 Å². The Labute approximate surface area is 212 Å². The number of benzene rings is 3. The van der Waals surface area contributed by atoms with E-state index in [1.54, 1.807) is 23.8 Å². The second-order valence-electron chi connectivity index (χ2n) is 7.83. The molecule has 0 radical (unpaired) electrons. The van der Waals surface area contributed by atoms with Crippen LogP contribution in [0.3, 0.4) is 0 Å². The predicted octanol–water partition coefficient (Wildman–Crippen LogP) is 5.62. The van der Waals surface area contributed by atoms with Gasteiger partial charge in [-0.25, -0.2) is 9.78 Å². The van der Waals surface area contributed by atoms with Crippen molar-refractivity contribution in [1.82, 2.24) is 19.6 Å². The topological polar surface area (TPSA) is 90.6 Å². The molecule has 180 valence electrons. The molecule has 0 bridgehead atoms. The van der Waals surface area contributed by atoms with Gasteiger partial charge in [-0.1, -0.05) is 54.2 Å². The van der Waals surface area contributed by atoms with Crippen LogP contribution in [0.5, 0.6) is 5.75 Å². The molecule has 5 rings (SSSR count). The van der Waals surface area contributed by atoms with E-state index < -0.39 is 0 Å². The molecule has 9 heteroatoms. The molecule has 0 unspecified atom stereocenters. The lowest BCUT2D eigenvalue weighted by Crippen LogP contribution is -2.02. The van der Waals surface area contributed by atoms with Crippen molar-refractivity contribution in [2.75, 3.05) is 19.5 Å². The molecule has 0 saturated heterocycles. The fraction of sp³-hybridized carbons (Fsp3) is 0.111. The molecule has 0 aliphatic rings. The van der Waals surface area contributed by atoms with Gasteiger partial charge in [-0.3, -0.25) is 0 Å². The van der Waals surface area contributed by atoms with Gasteiger partial charge in [-0.15, -0.1) is 5.10 Å². The molecule has 3 aromatic carbocycles. The molecule has 5 aromatic rings. The minimum Gasteiger partial charge on any atom is -0.497 e. The molecule has 2 aromatic heterocycles. The summed E-state index contributed by atoms with van der Waals surface area (Å²) >= 11 is 1.50. The van der Waals surface area contributed by atoms with Gasteiger partial charge in [0.2, 0.25) is 5.16 Å². The molecule has 0 saturated carbocycles. The number of carbonyl (C=O) groups excluding carboxylic acids is 1. The van der Waals surface area contributed by atoms with Crippen LogP contribution in [-0.4, -0.2) is 39.8 Å². The van der Waals surface area contributed by atoms with E-state index in [2.05, 4.69) is 10.3 Å². The van der Waals surface area contributed by atoms with Crippen LogP contribution in [0.4, 0.5) is 11.5 Å². The number of hydrogen-bond donors (Lipinski definition) is 1. The molecule has 0 amide bonds. The third kappa shape index (κ3) is 5.16. The lowest BCUT2D eigenvalue weighted by molar-refractivity contribution is 0.0600. The van der Waals surface area contributed by atoms with E-state index in [0.29, 0.717) is 22.3 Å². The molecular formula is C27H23N5O3S. The normalized spacial score (nSPS) is 10.8. The SMILES string of the molecule is COC(=O)c1ccc(CSc2nc3nc(-c4ccccc4)cc(Nc4ccc(OC)cc4)n3n2)cc1. The molecule has 2 heterocycles. The summed E-state index contributed by atoms with van der Waals surface area (Å²) in [7, 11) is 3.01. The number of nitrogens with zero attached hydrogens (tertiary/aromatic N) is 4. The molecule has 0 aliphatic carbocycles. The molecule has 0 aliphatic heterocycles. The maximum atomic E-state index is 11.7. The van der Waals surface area contributed by atoms with E-state index >= 15 is 0 Å². The third-order valence-electron chi connectivity index (χ3n) is 5.47. The minimum atomic E-state index is -0.353. The van der Waals surface area contributed by atoms with Gasteiger partial charge in [0.1, 0.15) is 11.6 Å². The lowest BCUT2D eigenvalue weighted by Gasteiger charge is -2.10. The smallest absolute Gasteiger partial charge is 0.337 e. The predicted molar refractivity (Wildman–Crippen MR) is 140 cm³/mol. The van der Waals surface area contributed by atoms with Gasteiger partial charge >= 0.3 is 5.97 Å². The summed E-state index contributed by atoms with van der Waals surface area (Å²) in [6.45, 7) is 0. The first-order valence-corrected chi connectivity index (χ1v) is 12.2. The number of hydrogen-bond acceptors (Lipinski definition) is 8. The molecule has 0 fully saturated rings. The second kappa shape index (κ2) is 10.5. The van der Waals surface area contributed by atoms with Crippen LogP contribution in [0.1, 0.15) is 15.9 Å². The molecule has 0 atom stereocenters. The van der Waals surface area contributed by atoms with Crippen molar-refractivity contribution >= 4 is 35.0 Å². The molecule has 0 spiro atoms.